The standard InChI is InChI=1S/C16H20N2O2/c1-11-5-6-12(2)13(9-11)18-10-14-16(20-4)15(19-3)7-8-17-14/h5-9,18H,10H2,1-4H3. The first-order chi connectivity index (χ1) is 9.65. The van der Waals surface area contributed by atoms with Crippen molar-refractivity contribution >= 4 is 5.69 Å². The summed E-state index contributed by atoms with van der Waals surface area (Å²) < 4.78 is 10.7. The zero-order valence-corrected chi connectivity index (χ0v) is 12.4. The highest BCUT2D eigenvalue weighted by Gasteiger charge is 2.11. The minimum absolute atomic E-state index is 0.588. The van der Waals surface area contributed by atoms with Crippen LogP contribution in [0.2, 0.25) is 0 Å². The number of rotatable bonds is 5. The zero-order chi connectivity index (χ0) is 14.5. The van der Waals surface area contributed by atoms with Gasteiger partial charge in [0.15, 0.2) is 11.5 Å². The lowest BCUT2D eigenvalue weighted by Crippen LogP contribution is -2.06. The minimum atomic E-state index is 0.588. The van der Waals surface area contributed by atoms with Crippen LogP contribution in [-0.4, -0.2) is 19.2 Å². The molecule has 1 heterocycles. The molecule has 0 spiro atoms. The Morgan fingerprint density at radius 1 is 1.10 bits per heavy atom. The van der Waals surface area contributed by atoms with E-state index in [4.69, 9.17) is 9.47 Å². The smallest absolute Gasteiger partial charge is 0.184 e. The molecule has 0 aliphatic heterocycles. The predicted molar refractivity (Wildman–Crippen MR) is 80.6 cm³/mol. The van der Waals surface area contributed by atoms with Gasteiger partial charge in [-0.15, -0.1) is 0 Å². The van der Waals surface area contributed by atoms with E-state index in [2.05, 4.69) is 42.3 Å². The van der Waals surface area contributed by atoms with E-state index in [-0.39, 0.29) is 0 Å². The maximum Gasteiger partial charge on any atom is 0.184 e. The summed E-state index contributed by atoms with van der Waals surface area (Å²) in [5.41, 5.74) is 4.37. The molecular formula is C16H20N2O2. The molecule has 0 radical (unpaired) electrons. The van der Waals surface area contributed by atoms with Crippen LogP contribution in [0.5, 0.6) is 11.5 Å². The first-order valence-electron chi connectivity index (χ1n) is 6.52. The van der Waals surface area contributed by atoms with E-state index in [9.17, 15) is 0 Å². The number of anilines is 1. The Labute approximate surface area is 119 Å². The average molecular weight is 272 g/mol. The number of nitrogens with one attached hydrogen (secondary N) is 1. The molecule has 0 aliphatic carbocycles. The van der Waals surface area contributed by atoms with Crippen molar-refractivity contribution in [3.05, 3.63) is 47.3 Å². The number of pyridine rings is 1. The molecule has 0 bridgehead atoms. The van der Waals surface area contributed by atoms with Crippen molar-refractivity contribution in [2.24, 2.45) is 0 Å². The van der Waals surface area contributed by atoms with Crippen molar-refractivity contribution in [3.8, 4) is 11.5 Å². The Hall–Kier alpha value is -2.23. The number of hydrogen-bond acceptors (Lipinski definition) is 4. The van der Waals surface area contributed by atoms with E-state index in [0.29, 0.717) is 18.0 Å². The van der Waals surface area contributed by atoms with Gasteiger partial charge in [0, 0.05) is 18.0 Å². The Bertz CT molecular complexity index is 597. The molecule has 4 heteroatoms. The number of aromatic nitrogens is 1. The van der Waals surface area contributed by atoms with Crippen LogP contribution in [0.1, 0.15) is 16.8 Å². The molecular weight excluding hydrogens is 252 g/mol. The summed E-state index contributed by atoms with van der Waals surface area (Å²) in [6.07, 6.45) is 1.72. The van der Waals surface area contributed by atoms with Gasteiger partial charge in [-0.2, -0.15) is 0 Å². The second kappa shape index (κ2) is 6.28. The molecule has 20 heavy (non-hydrogen) atoms. The fraction of sp³-hybridized carbons (Fsp3) is 0.312. The van der Waals surface area contributed by atoms with Gasteiger partial charge in [-0.1, -0.05) is 12.1 Å². The highest BCUT2D eigenvalue weighted by atomic mass is 16.5. The van der Waals surface area contributed by atoms with E-state index in [1.54, 1.807) is 26.5 Å². The predicted octanol–water partition coefficient (Wildman–Crippen LogP) is 3.33. The van der Waals surface area contributed by atoms with E-state index in [1.807, 2.05) is 0 Å². The molecule has 106 valence electrons. The van der Waals surface area contributed by atoms with Crippen molar-refractivity contribution < 1.29 is 9.47 Å². The summed E-state index contributed by atoms with van der Waals surface area (Å²) in [5.74, 6) is 1.37. The van der Waals surface area contributed by atoms with E-state index in [1.165, 1.54) is 11.1 Å². The van der Waals surface area contributed by atoms with Crippen LogP contribution in [-0.2, 0) is 6.54 Å². The summed E-state index contributed by atoms with van der Waals surface area (Å²) in [7, 11) is 3.25. The maximum absolute atomic E-state index is 5.38. The molecule has 2 rings (SSSR count). The molecule has 0 saturated carbocycles. The molecule has 1 N–H and O–H groups in total. The van der Waals surface area contributed by atoms with Gasteiger partial charge in [-0.3, -0.25) is 4.98 Å². The lowest BCUT2D eigenvalue weighted by Gasteiger charge is -2.14. The van der Waals surface area contributed by atoms with Crippen molar-refractivity contribution in [2.45, 2.75) is 20.4 Å². The molecule has 0 atom stereocenters. The quantitative estimate of drug-likeness (QED) is 0.906. The van der Waals surface area contributed by atoms with Crippen molar-refractivity contribution in [3.63, 3.8) is 0 Å². The third-order valence-electron chi connectivity index (χ3n) is 3.21. The van der Waals surface area contributed by atoms with E-state index < -0.39 is 0 Å². The van der Waals surface area contributed by atoms with Gasteiger partial charge < -0.3 is 14.8 Å². The maximum atomic E-state index is 5.38. The first-order valence-corrected chi connectivity index (χ1v) is 6.52. The molecule has 1 aromatic carbocycles. The van der Waals surface area contributed by atoms with E-state index >= 15 is 0 Å². The van der Waals surface area contributed by atoms with Crippen LogP contribution >= 0.6 is 0 Å². The fourth-order valence-corrected chi connectivity index (χ4v) is 2.08. The summed E-state index contributed by atoms with van der Waals surface area (Å²) in [4.78, 5) is 4.36. The first kappa shape index (κ1) is 14.2. The van der Waals surface area contributed by atoms with Gasteiger partial charge in [-0.25, -0.2) is 0 Å². The molecule has 1 aromatic heterocycles. The largest absolute Gasteiger partial charge is 0.493 e. The molecule has 0 unspecified atom stereocenters. The summed E-state index contributed by atoms with van der Waals surface area (Å²) >= 11 is 0. The highest BCUT2D eigenvalue weighted by Crippen LogP contribution is 2.29. The number of nitrogens with zero attached hydrogens (tertiary/aromatic N) is 1. The van der Waals surface area contributed by atoms with Crippen LogP contribution in [0.4, 0.5) is 5.69 Å². The number of methoxy groups -OCH3 is 2. The molecule has 0 amide bonds. The number of aryl methyl sites for hydroxylation is 2. The third kappa shape index (κ3) is 3.02. The van der Waals surface area contributed by atoms with Crippen LogP contribution in [0.3, 0.4) is 0 Å². The van der Waals surface area contributed by atoms with Gasteiger partial charge in [0.2, 0.25) is 0 Å². The second-order valence-corrected chi connectivity index (χ2v) is 4.67. The molecule has 0 saturated heterocycles. The third-order valence-corrected chi connectivity index (χ3v) is 3.21. The summed E-state index contributed by atoms with van der Waals surface area (Å²) in [5, 5.41) is 3.40. The number of hydrogen-bond donors (Lipinski definition) is 1. The minimum Gasteiger partial charge on any atom is -0.493 e. The van der Waals surface area contributed by atoms with Crippen molar-refractivity contribution in [1.82, 2.24) is 4.98 Å². The van der Waals surface area contributed by atoms with Gasteiger partial charge in [0.05, 0.1) is 20.8 Å². The van der Waals surface area contributed by atoms with E-state index in [0.717, 1.165) is 11.4 Å². The van der Waals surface area contributed by atoms with Gasteiger partial charge in [-0.05, 0) is 31.0 Å². The second-order valence-electron chi connectivity index (χ2n) is 4.67. The monoisotopic (exact) mass is 272 g/mol. The fourth-order valence-electron chi connectivity index (χ4n) is 2.08. The van der Waals surface area contributed by atoms with Crippen LogP contribution in [0.25, 0.3) is 0 Å². The average Bonchev–Trinajstić information content (AvgIpc) is 2.47. The molecule has 2 aromatic rings. The Kier molecular flexibility index (Phi) is 4.45. The van der Waals surface area contributed by atoms with Crippen molar-refractivity contribution in [1.29, 1.82) is 0 Å². The zero-order valence-electron chi connectivity index (χ0n) is 12.4. The molecule has 0 aliphatic rings. The Morgan fingerprint density at radius 3 is 2.60 bits per heavy atom. The van der Waals surface area contributed by atoms with Crippen LogP contribution < -0.4 is 14.8 Å². The number of benzene rings is 1. The lowest BCUT2D eigenvalue weighted by atomic mass is 10.1. The summed E-state index contributed by atoms with van der Waals surface area (Å²) in [6, 6.07) is 8.13. The molecule has 4 nitrogen and oxygen atoms in total. The topological polar surface area (TPSA) is 43.4 Å². The molecule has 0 fully saturated rings. The van der Waals surface area contributed by atoms with Gasteiger partial charge >= 0.3 is 0 Å². The Balaban J connectivity index is 2.20. The van der Waals surface area contributed by atoms with Gasteiger partial charge in [0.25, 0.3) is 0 Å². The SMILES string of the molecule is COc1ccnc(CNc2cc(C)ccc2C)c1OC. The Morgan fingerprint density at radius 2 is 1.90 bits per heavy atom. The highest BCUT2D eigenvalue weighted by molar-refractivity contribution is 5.53. The van der Waals surface area contributed by atoms with Gasteiger partial charge in [0.1, 0.15) is 5.69 Å². The summed E-state index contributed by atoms with van der Waals surface area (Å²) in [6.45, 7) is 4.75. The normalized spacial score (nSPS) is 10.2. The van der Waals surface area contributed by atoms with Crippen LogP contribution in [0.15, 0.2) is 30.5 Å². The van der Waals surface area contributed by atoms with Crippen LogP contribution in [0, 0.1) is 13.8 Å². The number of ether oxygens (including phenoxy) is 2. The van der Waals surface area contributed by atoms with Crippen molar-refractivity contribution in [2.75, 3.05) is 19.5 Å². The lowest BCUT2D eigenvalue weighted by molar-refractivity contribution is 0.350.